The van der Waals surface area contributed by atoms with Crippen molar-refractivity contribution in [2.45, 2.75) is 37.3 Å². The number of nitrogens with zero attached hydrogens (tertiary/aromatic N) is 1. The van der Waals surface area contributed by atoms with Gasteiger partial charge in [-0.15, -0.1) is 0 Å². The first-order chi connectivity index (χ1) is 9.41. The number of sulfonamides is 1. The van der Waals surface area contributed by atoms with Crippen LogP contribution in [-0.4, -0.2) is 38.0 Å². The van der Waals surface area contributed by atoms with E-state index in [1.807, 2.05) is 6.92 Å². The second-order valence-electron chi connectivity index (χ2n) is 5.24. The van der Waals surface area contributed by atoms with Gasteiger partial charge >= 0.3 is 0 Å². The van der Waals surface area contributed by atoms with Crippen molar-refractivity contribution >= 4 is 10.0 Å². The second kappa shape index (κ2) is 5.71. The molecule has 1 aliphatic rings. The largest absolute Gasteiger partial charge is 0.495 e. The first-order valence-electron chi connectivity index (χ1n) is 6.67. The average Bonchev–Trinajstić information content (AvgIpc) is 3.29. The molecular weight excluding hydrogens is 278 g/mol. The lowest BCUT2D eigenvalue weighted by Crippen LogP contribution is -2.36. The van der Waals surface area contributed by atoms with Crippen molar-refractivity contribution in [3.05, 3.63) is 23.8 Å². The molecule has 0 aromatic heterocycles. The molecule has 2 rings (SSSR count). The minimum Gasteiger partial charge on any atom is -0.495 e. The molecule has 1 saturated carbocycles. The van der Waals surface area contributed by atoms with E-state index in [4.69, 9.17) is 9.84 Å². The Morgan fingerprint density at radius 3 is 2.60 bits per heavy atom. The average molecular weight is 299 g/mol. The number of aliphatic hydroxyl groups is 1. The highest BCUT2D eigenvalue weighted by atomic mass is 32.2. The lowest BCUT2D eigenvalue weighted by atomic mass is 10.2. The molecule has 0 amide bonds. The van der Waals surface area contributed by atoms with Crippen molar-refractivity contribution in [1.29, 1.82) is 0 Å². The Hall–Kier alpha value is -1.11. The van der Waals surface area contributed by atoms with Crippen LogP contribution in [0.3, 0.4) is 0 Å². The monoisotopic (exact) mass is 299 g/mol. The zero-order valence-electron chi connectivity index (χ0n) is 12.0. The molecular formula is C14H21NO4S. The van der Waals surface area contributed by atoms with Crippen LogP contribution in [0.5, 0.6) is 5.75 Å². The SMILES string of the molecule is COc1cc(CO)ccc1S(=O)(=O)N(C)C(C)C1CC1. The number of rotatable bonds is 6. The molecule has 0 spiro atoms. The summed E-state index contributed by atoms with van der Waals surface area (Å²) in [5.41, 5.74) is 0.624. The molecule has 1 N–H and O–H groups in total. The summed E-state index contributed by atoms with van der Waals surface area (Å²) in [6.45, 7) is 1.79. The smallest absolute Gasteiger partial charge is 0.246 e. The van der Waals surface area contributed by atoms with Crippen LogP contribution in [0.2, 0.25) is 0 Å². The second-order valence-corrected chi connectivity index (χ2v) is 7.21. The van der Waals surface area contributed by atoms with Crippen LogP contribution in [-0.2, 0) is 16.6 Å². The Kier molecular flexibility index (Phi) is 4.36. The van der Waals surface area contributed by atoms with Gasteiger partial charge in [-0.1, -0.05) is 6.07 Å². The number of benzene rings is 1. The topological polar surface area (TPSA) is 66.8 Å². The fourth-order valence-corrected chi connectivity index (χ4v) is 3.83. The molecule has 0 radical (unpaired) electrons. The van der Waals surface area contributed by atoms with Gasteiger partial charge in [0.1, 0.15) is 10.6 Å². The summed E-state index contributed by atoms with van der Waals surface area (Å²) in [4.78, 5) is 0.146. The zero-order chi connectivity index (χ0) is 14.9. The Bertz CT molecular complexity index is 581. The normalized spacial score (nSPS) is 17.2. The summed E-state index contributed by atoms with van der Waals surface area (Å²) >= 11 is 0. The third-order valence-electron chi connectivity index (χ3n) is 3.95. The number of methoxy groups -OCH3 is 1. The predicted octanol–water partition coefficient (Wildman–Crippen LogP) is 1.61. The molecule has 1 fully saturated rings. The highest BCUT2D eigenvalue weighted by Gasteiger charge is 2.37. The Morgan fingerprint density at radius 2 is 2.10 bits per heavy atom. The molecule has 1 atom stereocenters. The maximum atomic E-state index is 12.7. The zero-order valence-corrected chi connectivity index (χ0v) is 12.9. The van der Waals surface area contributed by atoms with E-state index < -0.39 is 10.0 Å². The summed E-state index contributed by atoms with van der Waals surface area (Å²) in [6, 6.07) is 4.64. The number of hydrogen-bond donors (Lipinski definition) is 1. The molecule has 0 aliphatic heterocycles. The fourth-order valence-electron chi connectivity index (χ4n) is 2.27. The standard InChI is InChI=1S/C14H21NO4S/c1-10(12-5-6-12)15(2)20(17,18)14-7-4-11(9-16)8-13(14)19-3/h4,7-8,10,12,16H,5-6,9H2,1-3H3. The van der Waals surface area contributed by atoms with E-state index >= 15 is 0 Å². The summed E-state index contributed by atoms with van der Waals surface area (Å²) < 4.78 is 31.9. The maximum absolute atomic E-state index is 12.7. The lowest BCUT2D eigenvalue weighted by Gasteiger charge is -2.25. The first-order valence-corrected chi connectivity index (χ1v) is 8.11. The van der Waals surface area contributed by atoms with Gasteiger partial charge in [-0.05, 0) is 43.4 Å². The van der Waals surface area contributed by atoms with Crippen molar-refractivity contribution in [1.82, 2.24) is 4.31 Å². The summed E-state index contributed by atoms with van der Waals surface area (Å²) in [6.07, 6.45) is 2.17. The van der Waals surface area contributed by atoms with E-state index in [1.54, 1.807) is 19.2 Å². The molecule has 5 nitrogen and oxygen atoms in total. The van der Waals surface area contributed by atoms with Crippen molar-refractivity contribution in [3.8, 4) is 5.75 Å². The molecule has 1 aliphatic carbocycles. The minimum absolute atomic E-state index is 0.0118. The Balaban J connectivity index is 2.37. The van der Waals surface area contributed by atoms with Crippen molar-refractivity contribution in [2.24, 2.45) is 5.92 Å². The van der Waals surface area contributed by atoms with Crippen LogP contribution in [0.1, 0.15) is 25.3 Å². The van der Waals surface area contributed by atoms with E-state index in [9.17, 15) is 8.42 Å². The molecule has 6 heteroatoms. The first kappa shape index (κ1) is 15.3. The molecule has 112 valence electrons. The Morgan fingerprint density at radius 1 is 1.45 bits per heavy atom. The van der Waals surface area contributed by atoms with Gasteiger partial charge < -0.3 is 9.84 Å². The van der Waals surface area contributed by atoms with E-state index in [0.717, 1.165) is 12.8 Å². The maximum Gasteiger partial charge on any atom is 0.246 e. The third kappa shape index (κ3) is 2.82. The number of hydrogen-bond acceptors (Lipinski definition) is 4. The minimum atomic E-state index is -3.58. The van der Waals surface area contributed by atoms with Crippen molar-refractivity contribution in [3.63, 3.8) is 0 Å². The van der Waals surface area contributed by atoms with Crippen LogP contribution in [0, 0.1) is 5.92 Å². The van der Waals surface area contributed by atoms with Gasteiger partial charge in [0.25, 0.3) is 0 Å². The van der Waals surface area contributed by atoms with Crippen LogP contribution in [0.4, 0.5) is 0 Å². The molecule has 1 unspecified atom stereocenters. The van der Waals surface area contributed by atoms with Crippen LogP contribution in [0.15, 0.2) is 23.1 Å². The van der Waals surface area contributed by atoms with Crippen LogP contribution >= 0.6 is 0 Å². The van der Waals surface area contributed by atoms with Gasteiger partial charge in [0.05, 0.1) is 13.7 Å². The molecule has 1 aromatic rings. The quantitative estimate of drug-likeness (QED) is 0.866. The molecule has 0 bridgehead atoms. The molecule has 0 heterocycles. The van der Waals surface area contributed by atoms with Gasteiger partial charge in [0, 0.05) is 13.1 Å². The summed E-state index contributed by atoms with van der Waals surface area (Å²) in [5.74, 6) is 0.726. The van der Waals surface area contributed by atoms with Gasteiger partial charge in [0.15, 0.2) is 0 Å². The van der Waals surface area contributed by atoms with Gasteiger partial charge in [-0.25, -0.2) is 8.42 Å². The number of aliphatic hydroxyl groups excluding tert-OH is 1. The third-order valence-corrected chi connectivity index (χ3v) is 5.93. The van der Waals surface area contributed by atoms with E-state index in [0.29, 0.717) is 11.5 Å². The lowest BCUT2D eigenvalue weighted by molar-refractivity contribution is 0.280. The van der Waals surface area contributed by atoms with Crippen LogP contribution in [0.25, 0.3) is 0 Å². The molecule has 0 saturated heterocycles. The predicted molar refractivity (Wildman–Crippen MR) is 76.1 cm³/mol. The summed E-state index contributed by atoms with van der Waals surface area (Å²) in [7, 11) is -0.545. The molecule has 1 aromatic carbocycles. The van der Waals surface area contributed by atoms with Gasteiger partial charge in [-0.2, -0.15) is 4.31 Å². The van der Waals surface area contributed by atoms with Crippen molar-refractivity contribution < 1.29 is 18.3 Å². The summed E-state index contributed by atoms with van der Waals surface area (Å²) in [5, 5.41) is 9.11. The molecule has 20 heavy (non-hydrogen) atoms. The van der Waals surface area contributed by atoms with Gasteiger partial charge in [0.2, 0.25) is 10.0 Å². The van der Waals surface area contributed by atoms with Crippen LogP contribution < -0.4 is 4.74 Å². The highest BCUT2D eigenvalue weighted by Crippen LogP contribution is 2.37. The van der Waals surface area contributed by atoms with E-state index in [2.05, 4.69) is 0 Å². The van der Waals surface area contributed by atoms with E-state index in [-0.39, 0.29) is 23.3 Å². The van der Waals surface area contributed by atoms with Gasteiger partial charge in [-0.3, -0.25) is 0 Å². The fraction of sp³-hybridized carbons (Fsp3) is 0.571. The Labute approximate surface area is 120 Å². The van der Waals surface area contributed by atoms with Crippen molar-refractivity contribution in [2.75, 3.05) is 14.2 Å². The number of ether oxygens (including phenoxy) is 1. The van der Waals surface area contributed by atoms with E-state index in [1.165, 1.54) is 17.5 Å². The highest BCUT2D eigenvalue weighted by molar-refractivity contribution is 7.89.